The number of nitrogens with one attached hydrogen (secondary N) is 1. The summed E-state index contributed by atoms with van der Waals surface area (Å²) < 4.78 is 1.17. The zero-order valence-corrected chi connectivity index (χ0v) is 17.8. The topological polar surface area (TPSA) is 54.7 Å². The first-order chi connectivity index (χ1) is 14.1. The van der Waals surface area contributed by atoms with Gasteiger partial charge in [0.25, 0.3) is 5.91 Å². The molecule has 0 unspecified atom stereocenters. The summed E-state index contributed by atoms with van der Waals surface area (Å²) in [6.07, 6.45) is 0.317. The summed E-state index contributed by atoms with van der Waals surface area (Å²) in [5, 5.41) is 0.948. The Morgan fingerprint density at radius 1 is 1.07 bits per heavy atom. The normalized spacial score (nSPS) is 20.7. The number of aromatic nitrogens is 1. The van der Waals surface area contributed by atoms with Crippen molar-refractivity contribution in [2.75, 3.05) is 29.5 Å². The van der Waals surface area contributed by atoms with Crippen molar-refractivity contribution in [3.63, 3.8) is 0 Å². The van der Waals surface area contributed by atoms with E-state index in [1.54, 1.807) is 11.3 Å². The van der Waals surface area contributed by atoms with Crippen LogP contribution < -0.4 is 9.80 Å². The molecule has 2 amide bonds. The van der Waals surface area contributed by atoms with Gasteiger partial charge in [-0.15, -0.1) is 11.3 Å². The Bertz CT molecular complexity index is 1090. The Morgan fingerprint density at radius 2 is 1.83 bits per heavy atom. The highest BCUT2D eigenvalue weighted by atomic mass is 32.2. The van der Waals surface area contributed by atoms with E-state index in [1.807, 2.05) is 42.1 Å². The molecule has 148 valence electrons. The van der Waals surface area contributed by atoms with Crippen LogP contribution in [0.4, 0.5) is 5.69 Å². The summed E-state index contributed by atoms with van der Waals surface area (Å²) in [6.45, 7) is 3.99. The summed E-state index contributed by atoms with van der Waals surface area (Å²) >= 11 is 3.58. The van der Waals surface area contributed by atoms with Gasteiger partial charge in [-0.1, -0.05) is 6.07 Å². The molecular formula is C22H22N3O2S2+. The molecule has 3 heterocycles. The van der Waals surface area contributed by atoms with Gasteiger partial charge < -0.3 is 4.90 Å². The molecule has 2 fully saturated rings. The lowest BCUT2D eigenvalue weighted by Gasteiger charge is -2.27. The molecule has 0 bridgehead atoms. The van der Waals surface area contributed by atoms with E-state index >= 15 is 0 Å². The number of amides is 2. The van der Waals surface area contributed by atoms with E-state index in [1.165, 1.54) is 20.1 Å². The van der Waals surface area contributed by atoms with E-state index in [2.05, 4.69) is 19.1 Å². The highest BCUT2D eigenvalue weighted by Gasteiger charge is 2.45. The van der Waals surface area contributed by atoms with Crippen molar-refractivity contribution in [2.45, 2.75) is 19.4 Å². The fraction of sp³-hybridized carbons (Fsp3) is 0.318. The molecule has 2 saturated heterocycles. The average Bonchev–Trinajstić information content (AvgIpc) is 3.29. The Kier molecular flexibility index (Phi) is 4.89. The molecule has 29 heavy (non-hydrogen) atoms. The number of thioether (sulfide) groups is 1. The van der Waals surface area contributed by atoms with Gasteiger partial charge in [0.1, 0.15) is 5.01 Å². The van der Waals surface area contributed by atoms with Crippen molar-refractivity contribution in [3.05, 3.63) is 48.0 Å². The van der Waals surface area contributed by atoms with Crippen LogP contribution in [0, 0.1) is 6.92 Å². The minimum absolute atomic E-state index is 0.0555. The number of hydrogen-bond acceptors (Lipinski definition) is 5. The van der Waals surface area contributed by atoms with Crippen LogP contribution in [0.1, 0.15) is 12.0 Å². The van der Waals surface area contributed by atoms with Crippen molar-refractivity contribution in [1.82, 2.24) is 4.98 Å². The summed E-state index contributed by atoms with van der Waals surface area (Å²) in [7, 11) is 0. The van der Waals surface area contributed by atoms with E-state index in [4.69, 9.17) is 4.98 Å². The predicted octanol–water partition coefficient (Wildman–Crippen LogP) is 2.54. The molecule has 3 aromatic rings. The number of thiazole rings is 1. The Morgan fingerprint density at radius 3 is 2.59 bits per heavy atom. The molecule has 1 atom stereocenters. The van der Waals surface area contributed by atoms with Gasteiger partial charge in [-0.25, -0.2) is 9.88 Å². The molecule has 0 saturated carbocycles. The number of rotatable bonds is 3. The second kappa shape index (κ2) is 7.55. The monoisotopic (exact) mass is 424 g/mol. The largest absolute Gasteiger partial charge is 0.323 e. The number of fused-ring (bicyclic) bond motifs is 1. The number of benzene rings is 2. The third kappa shape index (κ3) is 3.47. The summed E-state index contributed by atoms with van der Waals surface area (Å²) in [4.78, 5) is 33.0. The number of carbonyl (C=O) groups excluding carboxylic acids is 2. The van der Waals surface area contributed by atoms with Crippen LogP contribution >= 0.6 is 23.1 Å². The Hall–Kier alpha value is -2.22. The second-order valence-electron chi connectivity index (χ2n) is 7.63. The minimum Gasteiger partial charge on any atom is -0.323 e. The fourth-order valence-corrected chi connectivity index (χ4v) is 6.20. The first kappa shape index (κ1) is 18.8. The smallest absolute Gasteiger partial charge is 0.292 e. The highest BCUT2D eigenvalue weighted by molar-refractivity contribution is 7.99. The van der Waals surface area contributed by atoms with Gasteiger partial charge in [-0.3, -0.25) is 9.59 Å². The van der Waals surface area contributed by atoms with Gasteiger partial charge in [0.2, 0.25) is 5.91 Å². The lowest BCUT2D eigenvalue weighted by molar-refractivity contribution is -0.911. The van der Waals surface area contributed by atoms with Crippen LogP contribution in [0.2, 0.25) is 0 Å². The molecule has 2 aliphatic heterocycles. The first-order valence-electron chi connectivity index (χ1n) is 9.87. The number of aryl methyl sites for hydroxylation is 1. The molecule has 0 spiro atoms. The van der Waals surface area contributed by atoms with E-state index in [-0.39, 0.29) is 17.9 Å². The summed E-state index contributed by atoms with van der Waals surface area (Å²) in [5.41, 5.74) is 3.88. The maximum absolute atomic E-state index is 13.0. The maximum Gasteiger partial charge on any atom is 0.292 e. The molecule has 1 N–H and O–H groups in total. The molecule has 5 nitrogen and oxygen atoms in total. The number of hydrogen-bond donors (Lipinski definition) is 1. The number of nitrogens with zero attached hydrogens (tertiary/aromatic N) is 2. The molecule has 0 aliphatic carbocycles. The van der Waals surface area contributed by atoms with Crippen LogP contribution in [0.15, 0.2) is 42.5 Å². The fourth-order valence-electron chi connectivity index (χ4n) is 4.11. The number of quaternary nitrogens is 1. The quantitative estimate of drug-likeness (QED) is 0.657. The average molecular weight is 425 g/mol. The van der Waals surface area contributed by atoms with Crippen LogP contribution in [-0.2, 0) is 9.59 Å². The SMILES string of the molecule is Cc1ccc2nc(-c3ccc(N4C(=O)C[C@@H]([NH+]5CCSCC5)C4=O)cc3)sc2c1. The molecule has 2 aromatic carbocycles. The Labute approximate surface area is 177 Å². The third-order valence-corrected chi connectivity index (χ3v) is 7.74. The van der Waals surface area contributed by atoms with E-state index < -0.39 is 0 Å². The van der Waals surface area contributed by atoms with Gasteiger partial charge in [-0.05, 0) is 48.9 Å². The van der Waals surface area contributed by atoms with E-state index in [9.17, 15) is 9.59 Å². The van der Waals surface area contributed by atoms with Gasteiger partial charge in [0, 0.05) is 17.1 Å². The van der Waals surface area contributed by atoms with Crippen molar-refractivity contribution in [3.8, 4) is 10.6 Å². The van der Waals surface area contributed by atoms with Crippen LogP contribution in [0.25, 0.3) is 20.8 Å². The van der Waals surface area contributed by atoms with E-state index in [0.717, 1.165) is 40.7 Å². The standard InChI is InChI=1S/C22H21N3O2S2/c1-14-2-7-17-19(12-14)29-21(23-17)15-3-5-16(6-4-15)25-20(26)13-18(22(25)27)24-8-10-28-11-9-24/h2-7,12,18H,8-11,13H2,1H3/p+1/t18-/m1/s1. The molecular weight excluding hydrogens is 402 g/mol. The molecule has 5 rings (SSSR count). The number of carbonyl (C=O) groups is 2. The van der Waals surface area contributed by atoms with Crippen LogP contribution in [-0.4, -0.2) is 47.4 Å². The zero-order chi connectivity index (χ0) is 20.0. The van der Waals surface area contributed by atoms with Crippen LogP contribution in [0.5, 0.6) is 0 Å². The van der Waals surface area contributed by atoms with Gasteiger partial charge in [-0.2, -0.15) is 11.8 Å². The van der Waals surface area contributed by atoms with Crippen molar-refractivity contribution < 1.29 is 14.5 Å². The molecule has 2 aliphatic rings. The molecule has 7 heteroatoms. The molecule has 0 radical (unpaired) electrons. The predicted molar refractivity (Wildman–Crippen MR) is 119 cm³/mol. The molecule has 1 aromatic heterocycles. The minimum atomic E-state index is -0.226. The lowest BCUT2D eigenvalue weighted by Crippen LogP contribution is -3.18. The van der Waals surface area contributed by atoms with Crippen molar-refractivity contribution in [2.24, 2.45) is 0 Å². The number of anilines is 1. The van der Waals surface area contributed by atoms with E-state index in [0.29, 0.717) is 12.1 Å². The van der Waals surface area contributed by atoms with Gasteiger partial charge in [0.15, 0.2) is 6.04 Å². The van der Waals surface area contributed by atoms with Gasteiger partial charge in [0.05, 0.1) is 35.4 Å². The summed E-state index contributed by atoms with van der Waals surface area (Å²) in [6, 6.07) is 13.7. The third-order valence-electron chi connectivity index (χ3n) is 5.69. The van der Waals surface area contributed by atoms with Crippen molar-refractivity contribution >= 4 is 50.8 Å². The van der Waals surface area contributed by atoms with Crippen molar-refractivity contribution in [1.29, 1.82) is 0 Å². The first-order valence-corrected chi connectivity index (χ1v) is 11.8. The lowest BCUT2D eigenvalue weighted by atomic mass is 10.2. The summed E-state index contributed by atoms with van der Waals surface area (Å²) in [5.74, 6) is 1.97. The number of imide groups is 1. The second-order valence-corrected chi connectivity index (χ2v) is 9.89. The maximum atomic E-state index is 13.0. The Balaban J connectivity index is 1.39. The zero-order valence-electron chi connectivity index (χ0n) is 16.2. The highest BCUT2D eigenvalue weighted by Crippen LogP contribution is 2.32. The van der Waals surface area contributed by atoms with Gasteiger partial charge >= 0.3 is 0 Å². The van der Waals surface area contributed by atoms with Crippen LogP contribution in [0.3, 0.4) is 0 Å².